The van der Waals surface area contributed by atoms with Crippen LogP contribution < -0.4 is 0 Å². The summed E-state index contributed by atoms with van der Waals surface area (Å²) in [4.78, 5) is 11.5. The number of carbonyl (C=O) groups is 1. The molecule has 3 unspecified atom stereocenters. The van der Waals surface area contributed by atoms with Gasteiger partial charge in [0.25, 0.3) is 0 Å². The maximum Gasteiger partial charge on any atom is 0.306 e. The van der Waals surface area contributed by atoms with Gasteiger partial charge in [0, 0.05) is 6.42 Å². The molecule has 0 aromatic heterocycles. The molecule has 1 saturated carbocycles. The second-order valence-electron chi connectivity index (χ2n) is 6.53. The molecule has 2 nitrogen and oxygen atoms in total. The lowest BCUT2D eigenvalue weighted by molar-refractivity contribution is -0.170. The number of hydrogen-bond donors (Lipinski definition) is 0. The lowest BCUT2D eigenvalue weighted by Gasteiger charge is -2.46. The van der Waals surface area contributed by atoms with E-state index in [4.69, 9.17) is 4.74 Å². The molecule has 17 heavy (non-hydrogen) atoms. The molecule has 1 aliphatic carbocycles. The first-order valence-corrected chi connectivity index (χ1v) is 7.23. The van der Waals surface area contributed by atoms with E-state index in [1.165, 1.54) is 32.1 Å². The molecule has 2 heteroatoms. The van der Waals surface area contributed by atoms with E-state index in [2.05, 4.69) is 20.8 Å². The number of fused-ring (bicyclic) bond motifs is 1. The molecular formula is C15H26O2. The van der Waals surface area contributed by atoms with Crippen LogP contribution in [0.15, 0.2) is 0 Å². The molecule has 0 N–H and O–H groups in total. The summed E-state index contributed by atoms with van der Waals surface area (Å²) in [7, 11) is 0. The Morgan fingerprint density at radius 1 is 1.47 bits per heavy atom. The molecule has 0 amide bonds. The highest BCUT2D eigenvalue weighted by molar-refractivity contribution is 5.70. The number of hydrogen-bond acceptors (Lipinski definition) is 2. The minimum absolute atomic E-state index is 0.0264. The summed E-state index contributed by atoms with van der Waals surface area (Å²) in [5.74, 6) is 1.18. The molecule has 1 aliphatic heterocycles. The Labute approximate surface area is 105 Å². The van der Waals surface area contributed by atoms with Gasteiger partial charge < -0.3 is 4.74 Å². The molecule has 0 aromatic rings. The Balaban J connectivity index is 1.99. The van der Waals surface area contributed by atoms with E-state index >= 15 is 0 Å². The van der Waals surface area contributed by atoms with Crippen LogP contribution in [0.5, 0.6) is 0 Å². The standard InChI is InChI=1S/C15H26O2/c1-4-5-7-15(3)8-6-12-11(2)9-14(16)17-13(12)10-15/h11-13H,4-10H2,1-3H3/t11?,12-,13?,15?/m0/s1. The van der Waals surface area contributed by atoms with Crippen LogP contribution in [0.3, 0.4) is 0 Å². The number of carbonyl (C=O) groups excluding carboxylic acids is 1. The summed E-state index contributed by atoms with van der Waals surface area (Å²) in [5, 5.41) is 0. The van der Waals surface area contributed by atoms with E-state index in [9.17, 15) is 4.79 Å². The summed E-state index contributed by atoms with van der Waals surface area (Å²) in [6.45, 7) is 6.84. The third-order valence-corrected chi connectivity index (χ3v) is 4.89. The zero-order valence-electron chi connectivity index (χ0n) is 11.5. The third-order valence-electron chi connectivity index (χ3n) is 4.89. The van der Waals surface area contributed by atoms with Gasteiger partial charge in [-0.15, -0.1) is 0 Å². The molecule has 2 rings (SSSR count). The Kier molecular flexibility index (Phi) is 3.79. The van der Waals surface area contributed by atoms with Gasteiger partial charge in [-0.2, -0.15) is 0 Å². The van der Waals surface area contributed by atoms with Crippen LogP contribution in [0.4, 0.5) is 0 Å². The minimum atomic E-state index is 0.0264. The molecular weight excluding hydrogens is 212 g/mol. The molecule has 0 spiro atoms. The largest absolute Gasteiger partial charge is 0.462 e. The lowest BCUT2D eigenvalue weighted by atomic mass is 9.64. The van der Waals surface area contributed by atoms with Crippen molar-refractivity contribution in [1.29, 1.82) is 0 Å². The normalized spacial score (nSPS) is 41.8. The summed E-state index contributed by atoms with van der Waals surface area (Å²) < 4.78 is 5.60. The number of ether oxygens (including phenoxy) is 1. The van der Waals surface area contributed by atoms with Crippen molar-refractivity contribution in [2.24, 2.45) is 17.3 Å². The molecule has 4 atom stereocenters. The smallest absolute Gasteiger partial charge is 0.306 e. The van der Waals surface area contributed by atoms with E-state index in [0.717, 1.165) is 6.42 Å². The highest BCUT2D eigenvalue weighted by Crippen LogP contribution is 2.47. The zero-order valence-corrected chi connectivity index (χ0v) is 11.5. The van der Waals surface area contributed by atoms with Gasteiger partial charge in [-0.1, -0.05) is 33.6 Å². The Bertz CT molecular complexity index is 287. The Morgan fingerprint density at radius 2 is 2.24 bits per heavy atom. The van der Waals surface area contributed by atoms with Crippen molar-refractivity contribution in [1.82, 2.24) is 0 Å². The average molecular weight is 238 g/mol. The van der Waals surface area contributed by atoms with Crippen LogP contribution in [-0.2, 0) is 9.53 Å². The molecule has 0 aromatic carbocycles. The third kappa shape index (κ3) is 2.83. The van der Waals surface area contributed by atoms with Crippen LogP contribution in [0.25, 0.3) is 0 Å². The van der Waals surface area contributed by atoms with E-state index in [1.807, 2.05) is 0 Å². The van der Waals surface area contributed by atoms with Gasteiger partial charge >= 0.3 is 5.97 Å². The maximum absolute atomic E-state index is 11.5. The van der Waals surface area contributed by atoms with Crippen molar-refractivity contribution in [3.63, 3.8) is 0 Å². The summed E-state index contributed by atoms with van der Waals surface area (Å²) in [6.07, 6.45) is 8.35. The highest BCUT2D eigenvalue weighted by Gasteiger charge is 2.44. The van der Waals surface area contributed by atoms with Crippen LogP contribution in [0, 0.1) is 17.3 Å². The van der Waals surface area contributed by atoms with Gasteiger partial charge in [0.2, 0.25) is 0 Å². The molecule has 0 radical (unpaired) electrons. The van der Waals surface area contributed by atoms with Crippen molar-refractivity contribution < 1.29 is 9.53 Å². The van der Waals surface area contributed by atoms with Gasteiger partial charge in [0.1, 0.15) is 6.10 Å². The topological polar surface area (TPSA) is 26.3 Å². The number of esters is 1. The van der Waals surface area contributed by atoms with Crippen molar-refractivity contribution in [2.45, 2.75) is 71.8 Å². The zero-order chi connectivity index (χ0) is 12.5. The maximum atomic E-state index is 11.5. The van der Waals surface area contributed by atoms with E-state index in [0.29, 0.717) is 23.7 Å². The molecule has 2 aliphatic rings. The predicted molar refractivity (Wildman–Crippen MR) is 68.6 cm³/mol. The summed E-state index contributed by atoms with van der Waals surface area (Å²) in [5.41, 5.74) is 0.411. The Hall–Kier alpha value is -0.530. The first kappa shape index (κ1) is 12.9. The van der Waals surface area contributed by atoms with Crippen molar-refractivity contribution in [3.8, 4) is 0 Å². The quantitative estimate of drug-likeness (QED) is 0.696. The SMILES string of the molecule is CCCCC1(C)CC[C@H]2C(C)CC(=O)OC2C1. The van der Waals surface area contributed by atoms with E-state index in [1.54, 1.807) is 0 Å². The molecule has 2 fully saturated rings. The van der Waals surface area contributed by atoms with Crippen LogP contribution >= 0.6 is 0 Å². The molecule has 0 bridgehead atoms. The number of rotatable bonds is 3. The van der Waals surface area contributed by atoms with Crippen molar-refractivity contribution in [3.05, 3.63) is 0 Å². The van der Waals surface area contributed by atoms with Gasteiger partial charge in [0.05, 0.1) is 0 Å². The monoisotopic (exact) mass is 238 g/mol. The summed E-state index contributed by atoms with van der Waals surface area (Å²) in [6, 6.07) is 0. The second kappa shape index (κ2) is 4.99. The fourth-order valence-corrected chi connectivity index (χ4v) is 3.68. The van der Waals surface area contributed by atoms with Gasteiger partial charge in [-0.05, 0) is 42.9 Å². The van der Waals surface area contributed by atoms with Crippen molar-refractivity contribution in [2.75, 3.05) is 0 Å². The number of unbranched alkanes of at least 4 members (excludes halogenated alkanes) is 1. The second-order valence-corrected chi connectivity index (χ2v) is 6.53. The molecule has 1 saturated heterocycles. The predicted octanol–water partition coefficient (Wildman–Crippen LogP) is 3.93. The van der Waals surface area contributed by atoms with Crippen LogP contribution in [0.1, 0.15) is 65.7 Å². The lowest BCUT2D eigenvalue weighted by Crippen LogP contribution is -2.45. The van der Waals surface area contributed by atoms with Crippen molar-refractivity contribution >= 4 is 5.97 Å². The summed E-state index contributed by atoms with van der Waals surface area (Å²) >= 11 is 0. The van der Waals surface area contributed by atoms with E-state index < -0.39 is 0 Å². The highest BCUT2D eigenvalue weighted by atomic mass is 16.5. The van der Waals surface area contributed by atoms with Gasteiger partial charge in [0.15, 0.2) is 0 Å². The average Bonchev–Trinajstić information content (AvgIpc) is 2.25. The first-order valence-electron chi connectivity index (χ1n) is 7.23. The fraction of sp³-hybridized carbons (Fsp3) is 0.933. The van der Waals surface area contributed by atoms with Gasteiger partial charge in [-0.25, -0.2) is 0 Å². The minimum Gasteiger partial charge on any atom is -0.462 e. The van der Waals surface area contributed by atoms with Crippen LogP contribution in [0.2, 0.25) is 0 Å². The molecule has 1 heterocycles. The Morgan fingerprint density at radius 3 is 2.94 bits per heavy atom. The van der Waals surface area contributed by atoms with Crippen LogP contribution in [-0.4, -0.2) is 12.1 Å². The molecule has 98 valence electrons. The fourth-order valence-electron chi connectivity index (χ4n) is 3.68. The van der Waals surface area contributed by atoms with E-state index in [-0.39, 0.29) is 12.1 Å². The van der Waals surface area contributed by atoms with Gasteiger partial charge in [-0.3, -0.25) is 4.79 Å². The first-order chi connectivity index (χ1) is 8.04.